The molecule has 0 radical (unpaired) electrons. The molecule has 0 heterocycles. The van der Waals surface area contributed by atoms with Crippen LogP contribution in [-0.4, -0.2) is 47.6 Å². The van der Waals surface area contributed by atoms with Gasteiger partial charge in [0.25, 0.3) is 0 Å². The first-order valence-electron chi connectivity index (χ1n) is 5.11. The molecule has 0 atom stereocenters. The molecular formula is C11H14INO4. The summed E-state index contributed by atoms with van der Waals surface area (Å²) in [6.07, 6.45) is 0. The van der Waals surface area contributed by atoms with Crippen molar-refractivity contribution >= 4 is 28.6 Å². The van der Waals surface area contributed by atoms with Gasteiger partial charge in [-0.3, -0.25) is 0 Å². The highest BCUT2D eigenvalue weighted by atomic mass is 127. The van der Waals surface area contributed by atoms with Crippen molar-refractivity contribution in [3.05, 3.63) is 33.4 Å². The highest BCUT2D eigenvalue weighted by molar-refractivity contribution is 14.1. The molecule has 0 spiro atoms. The number of benzene rings is 1. The second-order valence-electron chi connectivity index (χ2n) is 3.32. The third-order valence-corrected chi connectivity index (χ3v) is 2.74. The van der Waals surface area contributed by atoms with Gasteiger partial charge < -0.3 is 15.1 Å². The molecule has 1 rings (SSSR count). The van der Waals surface area contributed by atoms with Crippen LogP contribution in [0, 0.1) is 3.57 Å². The molecule has 0 aliphatic heterocycles. The van der Waals surface area contributed by atoms with Crippen LogP contribution in [-0.2, 0) is 4.74 Å². The normalized spacial score (nSPS) is 10.6. The number of carbonyl (C=O) groups excluding carboxylic acids is 1. The minimum absolute atomic E-state index is 0.0846. The molecule has 0 aliphatic carbocycles. The summed E-state index contributed by atoms with van der Waals surface area (Å²) in [6, 6.07) is 7.02. The Morgan fingerprint density at radius 3 is 2.53 bits per heavy atom. The number of hydrogen-bond acceptors (Lipinski definition) is 5. The largest absolute Gasteiger partial charge is 0.461 e. The molecule has 0 unspecified atom stereocenters. The molecule has 0 aliphatic rings. The Morgan fingerprint density at radius 2 is 1.94 bits per heavy atom. The van der Waals surface area contributed by atoms with Gasteiger partial charge in [-0.05, 0) is 46.9 Å². The van der Waals surface area contributed by atoms with E-state index in [0.29, 0.717) is 5.56 Å². The van der Waals surface area contributed by atoms with Gasteiger partial charge in [0, 0.05) is 10.1 Å². The summed E-state index contributed by atoms with van der Waals surface area (Å²) in [4.78, 5) is 11.5. The summed E-state index contributed by atoms with van der Waals surface area (Å²) in [5.74, 6) is -0.418. The molecule has 94 valence electrons. The summed E-state index contributed by atoms with van der Waals surface area (Å²) in [7, 11) is 0. The van der Waals surface area contributed by atoms with Gasteiger partial charge in [-0.2, -0.15) is 5.06 Å². The van der Waals surface area contributed by atoms with E-state index in [0.717, 1.165) is 8.63 Å². The smallest absolute Gasteiger partial charge is 0.338 e. The Bertz CT molecular complexity index is 355. The molecule has 2 N–H and O–H groups in total. The quantitative estimate of drug-likeness (QED) is 0.457. The predicted octanol–water partition coefficient (Wildman–Crippen LogP) is 1.13. The number of halogens is 1. The molecule has 0 fully saturated rings. The summed E-state index contributed by atoms with van der Waals surface area (Å²) in [5, 5.41) is 18.6. The number of hydrogen-bond donors (Lipinski definition) is 2. The van der Waals surface area contributed by atoms with Gasteiger partial charge in [0.1, 0.15) is 6.61 Å². The minimum Gasteiger partial charge on any atom is -0.461 e. The second-order valence-corrected chi connectivity index (χ2v) is 4.57. The van der Waals surface area contributed by atoms with E-state index in [-0.39, 0.29) is 26.3 Å². The van der Waals surface area contributed by atoms with E-state index in [9.17, 15) is 4.79 Å². The highest BCUT2D eigenvalue weighted by Gasteiger charge is 2.07. The number of aliphatic hydroxyl groups is 1. The van der Waals surface area contributed by atoms with Crippen molar-refractivity contribution in [1.29, 1.82) is 0 Å². The number of ether oxygens (including phenoxy) is 1. The maximum atomic E-state index is 11.5. The Kier molecular flexibility index (Phi) is 6.41. The number of hydroxylamine groups is 2. The summed E-state index contributed by atoms with van der Waals surface area (Å²) in [6.45, 7) is 0.265. The van der Waals surface area contributed by atoms with E-state index < -0.39 is 5.97 Å². The van der Waals surface area contributed by atoms with Crippen molar-refractivity contribution in [2.75, 3.05) is 26.3 Å². The molecule has 17 heavy (non-hydrogen) atoms. The Hall–Kier alpha value is -0.700. The zero-order chi connectivity index (χ0) is 12.7. The predicted molar refractivity (Wildman–Crippen MR) is 69.9 cm³/mol. The number of nitrogens with zero attached hydrogens (tertiary/aromatic N) is 1. The third kappa shape index (κ3) is 5.44. The van der Waals surface area contributed by atoms with Crippen LogP contribution in [0.4, 0.5) is 0 Å². The van der Waals surface area contributed by atoms with E-state index in [1.165, 1.54) is 0 Å². The van der Waals surface area contributed by atoms with Gasteiger partial charge in [-0.15, -0.1) is 0 Å². The summed E-state index contributed by atoms with van der Waals surface area (Å²) < 4.78 is 6.01. The zero-order valence-corrected chi connectivity index (χ0v) is 11.3. The van der Waals surface area contributed by atoms with Crippen LogP contribution in [0.1, 0.15) is 10.4 Å². The van der Waals surface area contributed by atoms with Gasteiger partial charge in [0.05, 0.1) is 18.7 Å². The first kappa shape index (κ1) is 14.4. The fourth-order valence-electron chi connectivity index (χ4n) is 1.14. The van der Waals surface area contributed by atoms with Crippen molar-refractivity contribution in [1.82, 2.24) is 5.06 Å². The molecule has 0 aromatic heterocycles. The lowest BCUT2D eigenvalue weighted by molar-refractivity contribution is -0.106. The van der Waals surface area contributed by atoms with Crippen LogP contribution < -0.4 is 0 Å². The maximum absolute atomic E-state index is 11.5. The molecule has 0 saturated heterocycles. The molecule has 0 bridgehead atoms. The van der Waals surface area contributed by atoms with E-state index >= 15 is 0 Å². The third-order valence-electron chi connectivity index (χ3n) is 2.02. The zero-order valence-electron chi connectivity index (χ0n) is 9.17. The van der Waals surface area contributed by atoms with Gasteiger partial charge in [0.2, 0.25) is 0 Å². The van der Waals surface area contributed by atoms with E-state index in [1.54, 1.807) is 12.1 Å². The van der Waals surface area contributed by atoms with Crippen LogP contribution >= 0.6 is 22.6 Å². The fraction of sp³-hybridized carbons (Fsp3) is 0.364. The number of rotatable bonds is 6. The first-order valence-corrected chi connectivity index (χ1v) is 6.18. The van der Waals surface area contributed by atoms with Gasteiger partial charge in [-0.1, -0.05) is 0 Å². The average Bonchev–Trinajstić information content (AvgIpc) is 2.30. The van der Waals surface area contributed by atoms with Crippen molar-refractivity contribution in [3.8, 4) is 0 Å². The first-order chi connectivity index (χ1) is 8.13. The molecule has 6 heteroatoms. The Morgan fingerprint density at radius 1 is 1.29 bits per heavy atom. The number of aliphatic hydroxyl groups excluding tert-OH is 1. The monoisotopic (exact) mass is 351 g/mol. The van der Waals surface area contributed by atoms with E-state index in [2.05, 4.69) is 22.6 Å². The van der Waals surface area contributed by atoms with Crippen molar-refractivity contribution in [2.24, 2.45) is 0 Å². The van der Waals surface area contributed by atoms with Gasteiger partial charge in [-0.25, -0.2) is 4.79 Å². The SMILES string of the molecule is O=C(OCCN(O)CCO)c1ccc(I)cc1. The highest BCUT2D eigenvalue weighted by Crippen LogP contribution is 2.07. The summed E-state index contributed by atoms with van der Waals surface area (Å²) >= 11 is 2.15. The van der Waals surface area contributed by atoms with Gasteiger partial charge in [0.15, 0.2) is 0 Å². The molecule has 0 amide bonds. The molecule has 5 nitrogen and oxygen atoms in total. The van der Waals surface area contributed by atoms with Gasteiger partial charge >= 0.3 is 5.97 Å². The number of carbonyl (C=O) groups is 1. The van der Waals surface area contributed by atoms with Crippen LogP contribution in [0.5, 0.6) is 0 Å². The lowest BCUT2D eigenvalue weighted by atomic mass is 10.2. The van der Waals surface area contributed by atoms with Crippen LogP contribution in [0.2, 0.25) is 0 Å². The second kappa shape index (κ2) is 7.59. The van der Waals surface area contributed by atoms with Crippen LogP contribution in [0.25, 0.3) is 0 Å². The van der Waals surface area contributed by atoms with Crippen LogP contribution in [0.3, 0.4) is 0 Å². The van der Waals surface area contributed by atoms with E-state index in [1.807, 2.05) is 12.1 Å². The lowest BCUT2D eigenvalue weighted by Crippen LogP contribution is -2.27. The maximum Gasteiger partial charge on any atom is 0.338 e. The van der Waals surface area contributed by atoms with Crippen molar-refractivity contribution in [3.63, 3.8) is 0 Å². The van der Waals surface area contributed by atoms with Crippen LogP contribution in [0.15, 0.2) is 24.3 Å². The Balaban J connectivity index is 2.32. The molecular weight excluding hydrogens is 337 g/mol. The van der Waals surface area contributed by atoms with Crippen molar-refractivity contribution < 1.29 is 19.8 Å². The molecule has 0 saturated carbocycles. The summed E-state index contributed by atoms with van der Waals surface area (Å²) in [5.41, 5.74) is 0.483. The topological polar surface area (TPSA) is 70.0 Å². The molecule has 1 aromatic rings. The standard InChI is InChI=1S/C11H14INO4/c12-10-3-1-9(2-4-10)11(15)17-8-6-13(16)5-7-14/h1-4,14,16H,5-8H2. The number of esters is 1. The minimum atomic E-state index is -0.418. The average molecular weight is 351 g/mol. The van der Waals surface area contributed by atoms with E-state index in [4.69, 9.17) is 15.1 Å². The molecule has 1 aromatic carbocycles. The fourth-order valence-corrected chi connectivity index (χ4v) is 1.50. The lowest BCUT2D eigenvalue weighted by Gasteiger charge is -2.12. The Labute approximate surface area is 113 Å². The van der Waals surface area contributed by atoms with Crippen molar-refractivity contribution in [2.45, 2.75) is 0 Å².